The summed E-state index contributed by atoms with van der Waals surface area (Å²) in [5.41, 5.74) is 7.69. The van der Waals surface area contributed by atoms with Gasteiger partial charge >= 0.3 is 6.09 Å². The second-order valence-electron chi connectivity index (χ2n) is 14.3. The van der Waals surface area contributed by atoms with Gasteiger partial charge in [-0.15, -0.1) is 0 Å². The number of nitrogens with one attached hydrogen (secondary N) is 2. The highest BCUT2D eigenvalue weighted by molar-refractivity contribution is 5.92. The average Bonchev–Trinajstić information content (AvgIpc) is 3.06. The Balaban J connectivity index is 1.79. The zero-order chi connectivity index (χ0) is 36.7. The summed E-state index contributed by atoms with van der Waals surface area (Å²) in [4.78, 5) is 54.7. The first kappa shape index (κ1) is 39.7. The van der Waals surface area contributed by atoms with E-state index in [2.05, 4.69) is 10.6 Å². The summed E-state index contributed by atoms with van der Waals surface area (Å²) in [5.74, 6) is -2.30. The maximum Gasteiger partial charge on any atom is 0.410 e. The van der Waals surface area contributed by atoms with Gasteiger partial charge in [-0.3, -0.25) is 14.4 Å². The van der Waals surface area contributed by atoms with E-state index in [4.69, 9.17) is 10.5 Å². The Hall–Kier alpha value is -4.70. The second kappa shape index (κ2) is 19.5. The molecule has 0 saturated carbocycles. The molecule has 0 saturated heterocycles. The minimum absolute atomic E-state index is 0.0271. The van der Waals surface area contributed by atoms with Gasteiger partial charge in [-0.25, -0.2) is 4.79 Å². The minimum Gasteiger partial charge on any atom is -0.444 e. The SMILES string of the molecule is CC(C)C[C@H](NC(=O)[C@@H](Cc1ccccc1)C[C@@H](O)CN(CCc1ccccc1)C(=O)OC(C)(C)C)C(=O)N[C@@H](Cc1ccccc1)C(N)=O. The van der Waals surface area contributed by atoms with Crippen LogP contribution in [0.4, 0.5) is 4.79 Å². The van der Waals surface area contributed by atoms with E-state index < -0.39 is 53.5 Å². The van der Waals surface area contributed by atoms with Crippen LogP contribution < -0.4 is 16.4 Å². The van der Waals surface area contributed by atoms with Crippen molar-refractivity contribution in [2.75, 3.05) is 13.1 Å². The first-order valence-corrected chi connectivity index (χ1v) is 17.4. The molecule has 10 nitrogen and oxygen atoms in total. The third-order valence-electron chi connectivity index (χ3n) is 8.13. The zero-order valence-corrected chi connectivity index (χ0v) is 30.0. The fraction of sp³-hybridized carbons (Fsp3) is 0.450. The van der Waals surface area contributed by atoms with Crippen molar-refractivity contribution in [2.24, 2.45) is 17.6 Å². The lowest BCUT2D eigenvalue weighted by Crippen LogP contribution is -2.55. The van der Waals surface area contributed by atoms with Gasteiger partial charge in [0.25, 0.3) is 0 Å². The van der Waals surface area contributed by atoms with Crippen LogP contribution in [0, 0.1) is 11.8 Å². The predicted molar refractivity (Wildman–Crippen MR) is 195 cm³/mol. The van der Waals surface area contributed by atoms with Crippen LogP contribution in [0.3, 0.4) is 0 Å². The highest BCUT2D eigenvalue weighted by Crippen LogP contribution is 2.19. The molecule has 0 aliphatic carbocycles. The molecule has 0 fully saturated rings. The summed E-state index contributed by atoms with van der Waals surface area (Å²) in [6, 6.07) is 26.5. The van der Waals surface area contributed by atoms with E-state index in [0.29, 0.717) is 25.8 Å². The number of rotatable bonds is 18. The number of aliphatic hydroxyl groups excluding tert-OH is 1. The molecule has 0 heterocycles. The Labute approximate surface area is 296 Å². The number of hydrogen-bond acceptors (Lipinski definition) is 6. The summed E-state index contributed by atoms with van der Waals surface area (Å²) in [6.07, 6.45) is -0.201. The van der Waals surface area contributed by atoms with Crippen LogP contribution in [0.25, 0.3) is 0 Å². The number of nitrogens with zero attached hydrogens (tertiary/aromatic N) is 1. The lowest BCUT2D eigenvalue weighted by Gasteiger charge is -2.30. The predicted octanol–water partition coefficient (Wildman–Crippen LogP) is 4.82. The summed E-state index contributed by atoms with van der Waals surface area (Å²) in [6.45, 7) is 9.50. The van der Waals surface area contributed by atoms with Crippen molar-refractivity contribution in [2.45, 2.75) is 90.5 Å². The lowest BCUT2D eigenvalue weighted by atomic mass is 9.91. The number of aliphatic hydroxyl groups is 1. The van der Waals surface area contributed by atoms with Crippen LogP contribution in [0.15, 0.2) is 91.0 Å². The number of nitrogens with two attached hydrogens (primary N) is 1. The summed E-state index contributed by atoms with van der Waals surface area (Å²) < 4.78 is 5.66. The smallest absolute Gasteiger partial charge is 0.410 e. The minimum atomic E-state index is -1.07. The molecule has 10 heteroatoms. The third kappa shape index (κ3) is 14.4. The Morgan fingerprint density at radius 2 is 1.24 bits per heavy atom. The Bertz CT molecular complexity index is 1490. The average molecular weight is 687 g/mol. The van der Waals surface area contributed by atoms with E-state index in [1.54, 1.807) is 20.8 Å². The molecule has 3 aromatic rings. The molecule has 3 rings (SSSR count). The second-order valence-corrected chi connectivity index (χ2v) is 14.3. The Morgan fingerprint density at radius 3 is 1.74 bits per heavy atom. The molecule has 0 radical (unpaired) electrons. The van der Waals surface area contributed by atoms with E-state index in [1.165, 1.54) is 4.90 Å². The molecule has 50 heavy (non-hydrogen) atoms. The fourth-order valence-electron chi connectivity index (χ4n) is 5.67. The molecule has 0 aliphatic rings. The van der Waals surface area contributed by atoms with Crippen molar-refractivity contribution in [1.82, 2.24) is 15.5 Å². The Morgan fingerprint density at radius 1 is 0.740 bits per heavy atom. The van der Waals surface area contributed by atoms with Crippen LogP contribution in [-0.2, 0) is 38.4 Å². The maximum atomic E-state index is 14.0. The van der Waals surface area contributed by atoms with Gasteiger partial charge in [0.1, 0.15) is 17.7 Å². The molecule has 0 spiro atoms. The van der Waals surface area contributed by atoms with Crippen LogP contribution in [-0.4, -0.2) is 70.7 Å². The van der Waals surface area contributed by atoms with Crippen molar-refractivity contribution in [1.29, 1.82) is 0 Å². The number of hydrogen-bond donors (Lipinski definition) is 4. The fourth-order valence-corrected chi connectivity index (χ4v) is 5.67. The number of carbonyl (C=O) groups is 4. The van der Waals surface area contributed by atoms with E-state index >= 15 is 0 Å². The summed E-state index contributed by atoms with van der Waals surface area (Å²) >= 11 is 0. The van der Waals surface area contributed by atoms with Crippen LogP contribution in [0.1, 0.15) is 64.2 Å². The van der Waals surface area contributed by atoms with Crippen LogP contribution in [0.2, 0.25) is 0 Å². The standard InChI is InChI=1S/C40H54N4O6/c1-28(2)23-35(38(48)42-34(36(41)46)25-31-19-13-8-14-20-31)43-37(47)32(24-30-17-11-7-12-18-30)26-33(45)27-44(39(49)50-40(3,4)5)22-21-29-15-9-6-10-16-29/h6-20,28,32-35,45H,21-27H2,1-5H3,(H2,41,46)(H,42,48)(H,43,47)/t32-,33+,34-,35-/m0/s1. The molecular weight excluding hydrogens is 632 g/mol. The molecule has 0 unspecified atom stereocenters. The molecule has 270 valence electrons. The van der Waals surface area contributed by atoms with Crippen molar-refractivity contribution in [3.63, 3.8) is 0 Å². The highest BCUT2D eigenvalue weighted by Gasteiger charge is 2.31. The topological polar surface area (TPSA) is 151 Å². The van der Waals surface area contributed by atoms with Crippen molar-refractivity contribution in [3.05, 3.63) is 108 Å². The van der Waals surface area contributed by atoms with Gasteiger partial charge in [0.2, 0.25) is 17.7 Å². The number of ether oxygens (including phenoxy) is 1. The van der Waals surface area contributed by atoms with Gasteiger partial charge in [0, 0.05) is 25.4 Å². The van der Waals surface area contributed by atoms with Gasteiger partial charge in [-0.2, -0.15) is 0 Å². The normalized spacial score (nSPS) is 13.8. The number of benzene rings is 3. The molecule has 5 N–H and O–H groups in total. The van der Waals surface area contributed by atoms with Crippen LogP contribution >= 0.6 is 0 Å². The van der Waals surface area contributed by atoms with Crippen molar-refractivity contribution < 1.29 is 29.0 Å². The van der Waals surface area contributed by atoms with E-state index in [-0.39, 0.29) is 25.3 Å². The first-order chi connectivity index (χ1) is 23.7. The largest absolute Gasteiger partial charge is 0.444 e. The number of carbonyl (C=O) groups excluding carboxylic acids is 4. The lowest BCUT2D eigenvalue weighted by molar-refractivity contribution is -0.133. The van der Waals surface area contributed by atoms with Gasteiger partial charge in [-0.05, 0) is 69.1 Å². The monoisotopic (exact) mass is 686 g/mol. The zero-order valence-electron chi connectivity index (χ0n) is 30.0. The Kier molecular flexibility index (Phi) is 15.5. The van der Waals surface area contributed by atoms with Gasteiger partial charge in [0.15, 0.2) is 0 Å². The first-order valence-electron chi connectivity index (χ1n) is 17.4. The molecule has 0 aliphatic heterocycles. The molecule has 3 aromatic carbocycles. The summed E-state index contributed by atoms with van der Waals surface area (Å²) in [7, 11) is 0. The maximum absolute atomic E-state index is 14.0. The molecular formula is C40H54N4O6. The van der Waals surface area contributed by atoms with E-state index in [1.807, 2.05) is 105 Å². The van der Waals surface area contributed by atoms with Gasteiger partial charge in [0.05, 0.1) is 6.10 Å². The van der Waals surface area contributed by atoms with E-state index in [0.717, 1.165) is 16.7 Å². The molecule has 4 amide bonds. The van der Waals surface area contributed by atoms with E-state index in [9.17, 15) is 24.3 Å². The molecule has 0 aromatic heterocycles. The molecule has 4 atom stereocenters. The van der Waals surface area contributed by atoms with Crippen LogP contribution in [0.5, 0.6) is 0 Å². The number of amides is 4. The van der Waals surface area contributed by atoms with Gasteiger partial charge in [-0.1, -0.05) is 105 Å². The highest BCUT2D eigenvalue weighted by atomic mass is 16.6. The van der Waals surface area contributed by atoms with Gasteiger partial charge < -0.3 is 31.1 Å². The number of primary amides is 1. The van der Waals surface area contributed by atoms with Crippen molar-refractivity contribution >= 4 is 23.8 Å². The quantitative estimate of drug-likeness (QED) is 0.151. The summed E-state index contributed by atoms with van der Waals surface area (Å²) in [5, 5.41) is 17.1. The van der Waals surface area contributed by atoms with Crippen molar-refractivity contribution in [3.8, 4) is 0 Å². The third-order valence-corrected chi connectivity index (χ3v) is 8.13. The molecule has 0 bridgehead atoms.